The van der Waals surface area contributed by atoms with Gasteiger partial charge in [-0.25, -0.2) is 0 Å². The minimum atomic E-state index is 0.201. The number of nitrogens with zero attached hydrogens (tertiary/aromatic N) is 1. The summed E-state index contributed by atoms with van der Waals surface area (Å²) in [5.41, 5.74) is 10.5. The van der Waals surface area contributed by atoms with E-state index in [0.29, 0.717) is 12.1 Å². The Bertz CT molecular complexity index is 659. The second-order valence-corrected chi connectivity index (χ2v) is 5.69. The van der Waals surface area contributed by atoms with Gasteiger partial charge in [-0.2, -0.15) is 0 Å². The average Bonchev–Trinajstić information content (AvgIpc) is 2.77. The number of Topliss-reactive ketones (excluding diaryl/α,β-unsaturated/α-hetero) is 1. The molecule has 1 aromatic carbocycles. The summed E-state index contributed by atoms with van der Waals surface area (Å²) in [5, 5.41) is 0. The van der Waals surface area contributed by atoms with Crippen LogP contribution in [0.2, 0.25) is 0 Å². The van der Waals surface area contributed by atoms with Crippen molar-refractivity contribution in [2.24, 2.45) is 0 Å². The Morgan fingerprint density at radius 3 is 2.60 bits per heavy atom. The molecule has 0 amide bonds. The fourth-order valence-electron chi connectivity index (χ4n) is 2.49. The number of nitrogen functional groups attached to an aromatic ring is 1. The number of carbonyl (C=O) groups is 1. The number of hydrogen-bond donors (Lipinski definition) is 1. The molecule has 0 fully saturated rings. The van der Waals surface area contributed by atoms with E-state index in [4.69, 9.17) is 5.73 Å². The van der Waals surface area contributed by atoms with E-state index in [1.165, 1.54) is 0 Å². The van der Waals surface area contributed by atoms with Crippen LogP contribution < -0.4 is 5.73 Å². The fourth-order valence-corrected chi connectivity index (χ4v) is 2.85. The van der Waals surface area contributed by atoms with Crippen LogP contribution in [0.1, 0.15) is 41.9 Å². The molecule has 2 rings (SSSR count). The maximum atomic E-state index is 12.1. The van der Waals surface area contributed by atoms with Crippen molar-refractivity contribution in [1.29, 1.82) is 0 Å². The Hall–Kier alpha value is -1.55. The van der Waals surface area contributed by atoms with Crippen molar-refractivity contribution in [2.45, 2.75) is 33.6 Å². The zero-order chi connectivity index (χ0) is 14.9. The molecule has 2 aromatic rings. The molecule has 0 bridgehead atoms. The Morgan fingerprint density at radius 1 is 1.35 bits per heavy atom. The van der Waals surface area contributed by atoms with Crippen LogP contribution in [0, 0.1) is 6.92 Å². The van der Waals surface area contributed by atoms with Crippen LogP contribution >= 0.6 is 15.9 Å². The number of aryl methyl sites for hydroxylation is 1. The monoisotopic (exact) mass is 334 g/mol. The van der Waals surface area contributed by atoms with Crippen LogP contribution in [0.25, 0.3) is 5.69 Å². The lowest BCUT2D eigenvalue weighted by Gasteiger charge is -2.10. The Balaban J connectivity index is 2.62. The zero-order valence-electron chi connectivity index (χ0n) is 12.0. The largest absolute Gasteiger partial charge is 0.398 e. The molecular formula is C16H19BrN2O. The third-order valence-corrected chi connectivity index (χ3v) is 4.18. The topological polar surface area (TPSA) is 48.0 Å². The van der Waals surface area contributed by atoms with Crippen molar-refractivity contribution in [1.82, 2.24) is 4.57 Å². The van der Waals surface area contributed by atoms with Crippen molar-refractivity contribution >= 4 is 27.4 Å². The van der Waals surface area contributed by atoms with Gasteiger partial charge in [-0.3, -0.25) is 4.79 Å². The molecule has 0 saturated carbocycles. The predicted molar refractivity (Wildman–Crippen MR) is 86.6 cm³/mol. The summed E-state index contributed by atoms with van der Waals surface area (Å²) in [6.45, 7) is 5.97. The third-order valence-electron chi connectivity index (χ3n) is 3.49. The van der Waals surface area contributed by atoms with Gasteiger partial charge in [-0.05, 0) is 53.0 Å². The molecule has 0 saturated heterocycles. The van der Waals surface area contributed by atoms with Gasteiger partial charge in [-0.1, -0.05) is 13.8 Å². The van der Waals surface area contributed by atoms with Gasteiger partial charge in [0, 0.05) is 39.7 Å². The molecule has 20 heavy (non-hydrogen) atoms. The number of rotatable bonds is 4. The van der Waals surface area contributed by atoms with E-state index in [-0.39, 0.29) is 5.78 Å². The lowest BCUT2D eigenvalue weighted by Crippen LogP contribution is -2.05. The van der Waals surface area contributed by atoms with E-state index in [2.05, 4.69) is 27.4 Å². The highest BCUT2D eigenvalue weighted by Gasteiger charge is 2.18. The Morgan fingerprint density at radius 2 is 2.05 bits per heavy atom. The lowest BCUT2D eigenvalue weighted by molar-refractivity contribution is 0.0987. The molecule has 1 aromatic heterocycles. The number of carbonyl (C=O) groups excluding carboxylic acids is 1. The fraction of sp³-hybridized carbons (Fsp3) is 0.312. The highest BCUT2D eigenvalue weighted by Crippen LogP contribution is 2.27. The lowest BCUT2D eigenvalue weighted by atomic mass is 10.0. The molecule has 4 heteroatoms. The standard InChI is InChI=1S/C16H19BrN2O/c1-4-14-16(15(20)5-2)10(3)9-19(14)11-6-7-13(18)12(17)8-11/h6-9H,4-5,18H2,1-3H3. The number of anilines is 1. The maximum absolute atomic E-state index is 12.1. The van der Waals surface area contributed by atoms with Crippen LogP contribution in [0.15, 0.2) is 28.9 Å². The number of benzene rings is 1. The van der Waals surface area contributed by atoms with E-state index in [1.54, 1.807) is 0 Å². The number of ketones is 1. The van der Waals surface area contributed by atoms with Crippen molar-refractivity contribution in [2.75, 3.05) is 5.73 Å². The summed E-state index contributed by atoms with van der Waals surface area (Å²) in [6.07, 6.45) is 3.37. The first-order valence-electron chi connectivity index (χ1n) is 6.79. The molecule has 2 N–H and O–H groups in total. The number of aromatic nitrogens is 1. The minimum absolute atomic E-state index is 0.201. The van der Waals surface area contributed by atoms with Gasteiger partial charge in [0.1, 0.15) is 0 Å². The smallest absolute Gasteiger partial charge is 0.164 e. The summed E-state index contributed by atoms with van der Waals surface area (Å²) in [7, 11) is 0. The summed E-state index contributed by atoms with van der Waals surface area (Å²) in [6, 6.07) is 5.82. The normalized spacial score (nSPS) is 10.8. The van der Waals surface area contributed by atoms with E-state index in [1.807, 2.05) is 38.2 Å². The van der Waals surface area contributed by atoms with Gasteiger partial charge in [0.25, 0.3) is 0 Å². The van der Waals surface area contributed by atoms with Gasteiger partial charge in [0.2, 0.25) is 0 Å². The van der Waals surface area contributed by atoms with Gasteiger partial charge in [-0.15, -0.1) is 0 Å². The summed E-state index contributed by atoms with van der Waals surface area (Å²) < 4.78 is 2.95. The third kappa shape index (κ3) is 2.52. The van der Waals surface area contributed by atoms with Crippen molar-refractivity contribution < 1.29 is 4.79 Å². The number of nitrogens with two attached hydrogens (primary N) is 1. The van der Waals surface area contributed by atoms with Gasteiger partial charge >= 0.3 is 0 Å². The van der Waals surface area contributed by atoms with Gasteiger partial charge in [0.05, 0.1) is 0 Å². The Kier molecular flexibility index (Phi) is 4.33. The quantitative estimate of drug-likeness (QED) is 0.669. The first kappa shape index (κ1) is 14.9. The van der Waals surface area contributed by atoms with E-state index in [0.717, 1.165) is 33.4 Å². The molecule has 0 unspecified atom stereocenters. The van der Waals surface area contributed by atoms with Crippen LogP contribution in [0.3, 0.4) is 0 Å². The van der Waals surface area contributed by atoms with Gasteiger partial charge in [0.15, 0.2) is 5.78 Å². The highest BCUT2D eigenvalue weighted by molar-refractivity contribution is 9.10. The molecule has 106 valence electrons. The summed E-state index contributed by atoms with van der Waals surface area (Å²) >= 11 is 3.45. The molecule has 0 aliphatic heterocycles. The molecule has 3 nitrogen and oxygen atoms in total. The predicted octanol–water partition coefficient (Wildman–Crippen LogP) is 4.29. The van der Waals surface area contributed by atoms with Crippen LogP contribution in [0.4, 0.5) is 5.69 Å². The summed E-state index contributed by atoms with van der Waals surface area (Å²) in [4.78, 5) is 12.1. The first-order valence-corrected chi connectivity index (χ1v) is 7.58. The highest BCUT2D eigenvalue weighted by atomic mass is 79.9. The summed E-state index contributed by atoms with van der Waals surface area (Å²) in [5.74, 6) is 0.201. The van der Waals surface area contributed by atoms with Crippen molar-refractivity contribution in [3.63, 3.8) is 0 Å². The maximum Gasteiger partial charge on any atom is 0.164 e. The average molecular weight is 335 g/mol. The van der Waals surface area contributed by atoms with E-state index < -0.39 is 0 Å². The molecule has 0 aliphatic rings. The Labute approximate surface area is 127 Å². The number of halogens is 1. The molecule has 1 heterocycles. The van der Waals surface area contributed by atoms with Gasteiger partial charge < -0.3 is 10.3 Å². The van der Waals surface area contributed by atoms with Crippen molar-refractivity contribution in [3.8, 4) is 5.69 Å². The molecule has 0 aliphatic carbocycles. The molecular weight excluding hydrogens is 316 g/mol. The molecule has 0 spiro atoms. The van der Waals surface area contributed by atoms with Crippen LogP contribution in [0.5, 0.6) is 0 Å². The van der Waals surface area contributed by atoms with E-state index >= 15 is 0 Å². The first-order chi connectivity index (χ1) is 9.49. The SMILES string of the molecule is CCC(=O)c1c(C)cn(-c2ccc(N)c(Br)c2)c1CC. The second-order valence-electron chi connectivity index (χ2n) is 4.84. The molecule has 0 atom stereocenters. The second kappa shape index (κ2) is 5.83. The minimum Gasteiger partial charge on any atom is -0.398 e. The number of hydrogen-bond acceptors (Lipinski definition) is 2. The molecule has 0 radical (unpaired) electrons. The van der Waals surface area contributed by atoms with Crippen LogP contribution in [-0.4, -0.2) is 10.4 Å². The van der Waals surface area contributed by atoms with Crippen LogP contribution in [-0.2, 0) is 6.42 Å². The van der Waals surface area contributed by atoms with E-state index in [9.17, 15) is 4.79 Å². The zero-order valence-corrected chi connectivity index (χ0v) is 13.6. The van der Waals surface area contributed by atoms with Crippen molar-refractivity contribution in [3.05, 3.63) is 45.7 Å².